The number of anilines is 1. The lowest BCUT2D eigenvalue weighted by molar-refractivity contribution is -0.116. The fraction of sp³-hybridized carbons (Fsp3) is 0.560. The third-order valence-corrected chi connectivity index (χ3v) is 5.75. The lowest BCUT2D eigenvalue weighted by Crippen LogP contribution is -2.40. The Hall–Kier alpha value is -2.67. The molecule has 0 aliphatic carbocycles. The van der Waals surface area contributed by atoms with Crippen LogP contribution in [0.4, 0.5) is 5.69 Å². The first-order valence-corrected chi connectivity index (χ1v) is 11.7. The Bertz CT molecular complexity index is 908. The zero-order chi connectivity index (χ0) is 23.1. The van der Waals surface area contributed by atoms with Crippen LogP contribution >= 0.6 is 0 Å². The lowest BCUT2D eigenvalue weighted by atomic mass is 10.1. The molecule has 7 nitrogen and oxygen atoms in total. The molecule has 0 unspecified atom stereocenters. The summed E-state index contributed by atoms with van der Waals surface area (Å²) >= 11 is 0. The third kappa shape index (κ3) is 6.19. The number of hydrogen-bond acceptors (Lipinski definition) is 5. The van der Waals surface area contributed by atoms with Gasteiger partial charge in [-0.05, 0) is 36.9 Å². The van der Waals surface area contributed by atoms with Crippen LogP contribution in [-0.4, -0.2) is 59.5 Å². The van der Waals surface area contributed by atoms with E-state index >= 15 is 0 Å². The summed E-state index contributed by atoms with van der Waals surface area (Å²) in [5, 5.41) is 4.05. The van der Waals surface area contributed by atoms with Crippen LogP contribution in [0.3, 0.4) is 0 Å². The number of rotatable bonds is 5. The first kappa shape index (κ1) is 24.0. The minimum Gasteiger partial charge on any atom is -0.361 e. The number of benzene rings is 1. The highest BCUT2D eigenvalue weighted by molar-refractivity contribution is 5.93. The van der Waals surface area contributed by atoms with E-state index in [0.29, 0.717) is 31.2 Å². The second-order valence-corrected chi connectivity index (χ2v) is 9.00. The molecule has 0 bridgehead atoms. The normalized spacial score (nSPS) is 16.0. The number of para-hydroxylation sites is 1. The van der Waals surface area contributed by atoms with E-state index < -0.39 is 0 Å². The molecule has 32 heavy (non-hydrogen) atoms. The predicted molar refractivity (Wildman–Crippen MR) is 126 cm³/mol. The summed E-state index contributed by atoms with van der Waals surface area (Å²) in [5.41, 5.74) is 2.19. The molecule has 0 atom stereocenters. The van der Waals surface area contributed by atoms with Crippen molar-refractivity contribution in [1.82, 2.24) is 15.0 Å². The number of nitrogens with zero attached hydrogens (tertiary/aromatic N) is 4. The van der Waals surface area contributed by atoms with Crippen molar-refractivity contribution in [2.45, 2.75) is 53.5 Å². The van der Waals surface area contributed by atoms with Gasteiger partial charge in [0.2, 0.25) is 5.91 Å². The Morgan fingerprint density at radius 3 is 2.62 bits per heavy atom. The topological polar surface area (TPSA) is 69.9 Å². The van der Waals surface area contributed by atoms with Crippen molar-refractivity contribution in [3.8, 4) is 0 Å². The van der Waals surface area contributed by atoms with Gasteiger partial charge in [0.15, 0.2) is 5.69 Å². The fourth-order valence-corrected chi connectivity index (χ4v) is 4.28. The number of hydrogen-bond donors (Lipinski definition) is 0. The molecule has 2 aromatic rings. The zero-order valence-electron chi connectivity index (χ0n) is 19.8. The molecule has 7 heteroatoms. The second-order valence-electron chi connectivity index (χ2n) is 9.00. The summed E-state index contributed by atoms with van der Waals surface area (Å²) < 4.78 is 5.37. The molecular formula is C25H36N4O3. The molecule has 2 amide bonds. The standard InChI is InChI=1S/C25H36N4O3/c1-5-9-22-16-23(26-32-22)25(31)28-15-14-27(17-19(2)3)12-8-13-29(20(4)30)24-11-7-6-10-21(24)18-28/h6-7,10-11,16,19H,5,8-9,12-15,17-18H2,1-4H3. The zero-order valence-corrected chi connectivity index (χ0v) is 19.8. The smallest absolute Gasteiger partial charge is 0.276 e. The molecule has 2 heterocycles. The van der Waals surface area contributed by atoms with Crippen LogP contribution in [-0.2, 0) is 17.8 Å². The number of aryl methyl sites for hydroxylation is 1. The molecule has 0 spiro atoms. The highest BCUT2D eigenvalue weighted by atomic mass is 16.5. The van der Waals surface area contributed by atoms with Crippen molar-refractivity contribution in [3.63, 3.8) is 0 Å². The monoisotopic (exact) mass is 440 g/mol. The largest absolute Gasteiger partial charge is 0.361 e. The van der Waals surface area contributed by atoms with Gasteiger partial charge in [0.1, 0.15) is 5.76 Å². The molecule has 1 aromatic heterocycles. The average molecular weight is 441 g/mol. The maximum atomic E-state index is 13.4. The van der Waals surface area contributed by atoms with Gasteiger partial charge in [-0.3, -0.25) is 9.59 Å². The van der Waals surface area contributed by atoms with Gasteiger partial charge in [0, 0.05) is 57.8 Å². The van der Waals surface area contributed by atoms with E-state index in [1.807, 2.05) is 34.1 Å². The highest BCUT2D eigenvalue weighted by Gasteiger charge is 2.25. The van der Waals surface area contributed by atoms with Gasteiger partial charge in [-0.15, -0.1) is 0 Å². The maximum Gasteiger partial charge on any atom is 0.276 e. The molecule has 174 valence electrons. The molecule has 3 rings (SSSR count). The summed E-state index contributed by atoms with van der Waals surface area (Å²) in [5.74, 6) is 1.14. The minimum absolute atomic E-state index is 0.0192. The van der Waals surface area contributed by atoms with Gasteiger partial charge in [0.25, 0.3) is 5.91 Å². The van der Waals surface area contributed by atoms with Crippen LogP contribution in [0.2, 0.25) is 0 Å². The molecule has 1 aliphatic rings. The molecule has 0 fully saturated rings. The van der Waals surface area contributed by atoms with Crippen LogP contribution in [0.25, 0.3) is 0 Å². The van der Waals surface area contributed by atoms with Crippen LogP contribution in [0.15, 0.2) is 34.9 Å². The van der Waals surface area contributed by atoms with E-state index in [0.717, 1.165) is 55.9 Å². The number of fused-ring (bicyclic) bond motifs is 1. The molecule has 0 N–H and O–H groups in total. The van der Waals surface area contributed by atoms with Crippen LogP contribution in [0.1, 0.15) is 62.3 Å². The third-order valence-electron chi connectivity index (χ3n) is 5.75. The van der Waals surface area contributed by atoms with E-state index in [1.54, 1.807) is 13.0 Å². The van der Waals surface area contributed by atoms with Crippen molar-refractivity contribution < 1.29 is 14.1 Å². The Balaban J connectivity index is 1.93. The molecule has 0 radical (unpaired) electrons. The second kappa shape index (κ2) is 11.3. The van der Waals surface area contributed by atoms with Crippen molar-refractivity contribution >= 4 is 17.5 Å². The molecule has 0 saturated heterocycles. The highest BCUT2D eigenvalue weighted by Crippen LogP contribution is 2.24. The number of amides is 2. The Labute approximate surface area is 191 Å². The van der Waals surface area contributed by atoms with Crippen LogP contribution in [0.5, 0.6) is 0 Å². The summed E-state index contributed by atoms with van der Waals surface area (Å²) in [4.78, 5) is 32.0. The number of carbonyl (C=O) groups is 2. The van der Waals surface area contributed by atoms with Gasteiger partial charge in [-0.25, -0.2) is 0 Å². The quantitative estimate of drug-likeness (QED) is 0.703. The molecular weight excluding hydrogens is 404 g/mol. The summed E-state index contributed by atoms with van der Waals surface area (Å²) in [6, 6.07) is 9.64. The maximum absolute atomic E-state index is 13.4. The minimum atomic E-state index is -0.135. The summed E-state index contributed by atoms with van der Waals surface area (Å²) in [6.45, 7) is 12.4. The molecule has 1 aromatic carbocycles. The SMILES string of the molecule is CCCc1cc(C(=O)N2CCN(CC(C)C)CCCN(C(C)=O)c3ccccc3C2)no1. The van der Waals surface area contributed by atoms with E-state index in [-0.39, 0.29) is 11.8 Å². The predicted octanol–water partition coefficient (Wildman–Crippen LogP) is 3.98. The van der Waals surface area contributed by atoms with Gasteiger partial charge in [0.05, 0.1) is 0 Å². The molecule has 0 saturated carbocycles. The van der Waals surface area contributed by atoms with Crippen LogP contribution < -0.4 is 4.90 Å². The van der Waals surface area contributed by atoms with Gasteiger partial charge in [-0.2, -0.15) is 0 Å². The number of carbonyl (C=O) groups excluding carboxylic acids is 2. The average Bonchev–Trinajstić information content (AvgIpc) is 3.20. The van der Waals surface area contributed by atoms with Gasteiger partial charge in [-0.1, -0.05) is 44.1 Å². The van der Waals surface area contributed by atoms with E-state index in [2.05, 4.69) is 30.8 Å². The Morgan fingerprint density at radius 1 is 1.12 bits per heavy atom. The van der Waals surface area contributed by atoms with Crippen molar-refractivity contribution in [2.24, 2.45) is 5.92 Å². The fourth-order valence-electron chi connectivity index (χ4n) is 4.28. The molecule has 1 aliphatic heterocycles. The first-order chi connectivity index (χ1) is 15.4. The van der Waals surface area contributed by atoms with Crippen molar-refractivity contribution in [3.05, 3.63) is 47.3 Å². The lowest BCUT2D eigenvalue weighted by Gasteiger charge is -2.28. The van der Waals surface area contributed by atoms with Crippen molar-refractivity contribution in [2.75, 3.05) is 37.6 Å². The van der Waals surface area contributed by atoms with Crippen LogP contribution in [0, 0.1) is 5.92 Å². The Morgan fingerprint density at radius 2 is 1.91 bits per heavy atom. The van der Waals surface area contributed by atoms with E-state index in [9.17, 15) is 9.59 Å². The van der Waals surface area contributed by atoms with Gasteiger partial charge < -0.3 is 19.2 Å². The van der Waals surface area contributed by atoms with Gasteiger partial charge >= 0.3 is 0 Å². The summed E-state index contributed by atoms with van der Waals surface area (Å²) in [6.07, 6.45) is 2.59. The van der Waals surface area contributed by atoms with E-state index in [4.69, 9.17) is 4.52 Å². The number of aromatic nitrogens is 1. The van der Waals surface area contributed by atoms with E-state index in [1.165, 1.54) is 0 Å². The first-order valence-electron chi connectivity index (χ1n) is 11.7. The van der Waals surface area contributed by atoms with Crippen molar-refractivity contribution in [1.29, 1.82) is 0 Å². The summed E-state index contributed by atoms with van der Waals surface area (Å²) in [7, 11) is 0. The Kier molecular flexibility index (Phi) is 8.45.